The van der Waals surface area contributed by atoms with E-state index in [4.69, 9.17) is 9.47 Å². The zero-order chi connectivity index (χ0) is 15.5. The first kappa shape index (κ1) is 15.8. The van der Waals surface area contributed by atoms with E-state index >= 15 is 0 Å². The molecule has 1 aromatic rings. The summed E-state index contributed by atoms with van der Waals surface area (Å²) in [5.41, 5.74) is -0.937. The maximum atomic E-state index is 11.8. The van der Waals surface area contributed by atoms with Gasteiger partial charge in [0.15, 0.2) is 11.5 Å². The molecule has 6 nitrogen and oxygen atoms in total. The highest BCUT2D eigenvalue weighted by molar-refractivity contribution is 6.00. The molecule has 0 saturated carbocycles. The number of anilines is 1. The Morgan fingerprint density at radius 2 is 1.70 bits per heavy atom. The number of carbonyl (C=O) groups is 2. The number of aliphatic carboxylic acids is 1. The van der Waals surface area contributed by atoms with Crippen LogP contribution in [0.3, 0.4) is 0 Å². The molecular weight excluding hydrogens is 262 g/mol. The Balaban J connectivity index is 3.37. The maximum Gasteiger partial charge on any atom is 0.329 e. The molecule has 0 spiro atoms. The number of amides is 1. The normalized spacial score (nSPS) is 10.8. The monoisotopic (exact) mass is 281 g/mol. The molecule has 0 heterocycles. The first-order valence-electron chi connectivity index (χ1n) is 6.02. The summed E-state index contributed by atoms with van der Waals surface area (Å²) in [5, 5.41) is 9.30. The molecule has 0 saturated heterocycles. The fraction of sp³-hybridized carbons (Fsp3) is 0.429. The summed E-state index contributed by atoms with van der Waals surface area (Å²) >= 11 is 0. The van der Waals surface area contributed by atoms with E-state index in [2.05, 4.69) is 0 Å². The lowest BCUT2D eigenvalue weighted by Crippen LogP contribution is -2.52. The number of benzene rings is 1. The number of ether oxygens (including phenoxy) is 2. The molecule has 1 rings (SSSR count). The zero-order valence-electron chi connectivity index (χ0n) is 12.3. The molecule has 20 heavy (non-hydrogen) atoms. The molecule has 0 aliphatic carbocycles. The quantitative estimate of drug-likeness (QED) is 0.892. The van der Waals surface area contributed by atoms with Gasteiger partial charge in [-0.1, -0.05) is 0 Å². The lowest BCUT2D eigenvalue weighted by atomic mass is 10.0. The van der Waals surface area contributed by atoms with E-state index in [1.807, 2.05) is 0 Å². The Hall–Kier alpha value is -2.24. The summed E-state index contributed by atoms with van der Waals surface area (Å²) < 4.78 is 10.3. The van der Waals surface area contributed by atoms with Crippen LogP contribution in [0.15, 0.2) is 18.2 Å². The van der Waals surface area contributed by atoms with Gasteiger partial charge >= 0.3 is 5.97 Å². The van der Waals surface area contributed by atoms with Gasteiger partial charge in [0.05, 0.1) is 14.2 Å². The molecular formula is C14H19NO5. The molecule has 0 aromatic heterocycles. The van der Waals surface area contributed by atoms with Gasteiger partial charge in [0.1, 0.15) is 5.54 Å². The third kappa shape index (κ3) is 2.84. The minimum absolute atomic E-state index is 0.371. The third-order valence-corrected chi connectivity index (χ3v) is 3.02. The number of carbonyl (C=O) groups excluding carboxylic acids is 1. The molecule has 1 aromatic carbocycles. The second-order valence-electron chi connectivity index (χ2n) is 4.76. The van der Waals surface area contributed by atoms with Gasteiger partial charge in [0.25, 0.3) is 0 Å². The molecule has 6 heteroatoms. The number of carboxylic acids is 1. The van der Waals surface area contributed by atoms with E-state index in [0.29, 0.717) is 17.2 Å². The largest absolute Gasteiger partial charge is 0.493 e. The summed E-state index contributed by atoms with van der Waals surface area (Å²) in [7, 11) is 2.98. The van der Waals surface area contributed by atoms with E-state index in [1.54, 1.807) is 18.2 Å². The van der Waals surface area contributed by atoms with E-state index in [1.165, 1.54) is 39.9 Å². The van der Waals surface area contributed by atoms with Crippen molar-refractivity contribution in [2.45, 2.75) is 26.3 Å². The van der Waals surface area contributed by atoms with Crippen LogP contribution in [0.5, 0.6) is 11.5 Å². The molecule has 0 unspecified atom stereocenters. The Labute approximate surface area is 117 Å². The minimum atomic E-state index is -1.37. The van der Waals surface area contributed by atoms with Gasteiger partial charge in [-0.05, 0) is 26.0 Å². The van der Waals surface area contributed by atoms with Crippen molar-refractivity contribution in [3.63, 3.8) is 0 Å². The van der Waals surface area contributed by atoms with Gasteiger partial charge in [-0.3, -0.25) is 9.69 Å². The smallest absolute Gasteiger partial charge is 0.329 e. The summed E-state index contributed by atoms with van der Waals surface area (Å²) in [6.07, 6.45) is 0. The van der Waals surface area contributed by atoms with Crippen LogP contribution < -0.4 is 14.4 Å². The number of rotatable bonds is 5. The fourth-order valence-electron chi connectivity index (χ4n) is 1.96. The van der Waals surface area contributed by atoms with Crippen molar-refractivity contribution in [2.24, 2.45) is 0 Å². The summed E-state index contributed by atoms with van der Waals surface area (Å²) in [6.45, 7) is 4.25. The summed E-state index contributed by atoms with van der Waals surface area (Å²) in [6, 6.07) is 4.82. The molecule has 1 N–H and O–H groups in total. The van der Waals surface area contributed by atoms with E-state index in [0.717, 1.165) is 0 Å². The van der Waals surface area contributed by atoms with Gasteiger partial charge in [-0.25, -0.2) is 4.79 Å². The number of carboxylic acid groups (broad SMARTS) is 1. The number of methoxy groups -OCH3 is 2. The van der Waals surface area contributed by atoms with Crippen molar-refractivity contribution >= 4 is 17.6 Å². The minimum Gasteiger partial charge on any atom is -0.493 e. The molecule has 0 fully saturated rings. The summed E-state index contributed by atoms with van der Waals surface area (Å²) in [5.74, 6) is -0.530. The SMILES string of the molecule is COc1ccc(N(C(C)=O)C(C)(C)C(=O)O)cc1OC. The van der Waals surface area contributed by atoms with Crippen LogP contribution in [-0.2, 0) is 9.59 Å². The van der Waals surface area contributed by atoms with Crippen LogP contribution in [0.1, 0.15) is 20.8 Å². The topological polar surface area (TPSA) is 76.1 Å². The highest BCUT2D eigenvalue weighted by Crippen LogP contribution is 2.34. The first-order valence-corrected chi connectivity index (χ1v) is 6.02. The van der Waals surface area contributed by atoms with Gasteiger partial charge < -0.3 is 14.6 Å². The number of hydrogen-bond donors (Lipinski definition) is 1. The van der Waals surface area contributed by atoms with Crippen molar-refractivity contribution in [2.75, 3.05) is 19.1 Å². The molecule has 0 bridgehead atoms. The lowest BCUT2D eigenvalue weighted by Gasteiger charge is -2.34. The van der Waals surface area contributed by atoms with Crippen molar-refractivity contribution in [3.8, 4) is 11.5 Å². The highest BCUT2D eigenvalue weighted by atomic mass is 16.5. The highest BCUT2D eigenvalue weighted by Gasteiger charge is 2.37. The number of hydrogen-bond acceptors (Lipinski definition) is 4. The van der Waals surface area contributed by atoms with Crippen LogP contribution in [-0.4, -0.2) is 36.7 Å². The number of nitrogens with zero attached hydrogens (tertiary/aromatic N) is 1. The van der Waals surface area contributed by atoms with Crippen LogP contribution in [0.2, 0.25) is 0 Å². The van der Waals surface area contributed by atoms with Crippen molar-refractivity contribution in [1.29, 1.82) is 0 Å². The van der Waals surface area contributed by atoms with Gasteiger partial charge in [-0.2, -0.15) is 0 Å². The first-order chi connectivity index (χ1) is 9.25. The fourth-order valence-corrected chi connectivity index (χ4v) is 1.96. The van der Waals surface area contributed by atoms with Crippen molar-refractivity contribution in [1.82, 2.24) is 0 Å². The molecule has 0 atom stereocenters. The average molecular weight is 281 g/mol. The third-order valence-electron chi connectivity index (χ3n) is 3.02. The Morgan fingerprint density at radius 3 is 2.10 bits per heavy atom. The Kier molecular flexibility index (Phi) is 4.60. The molecule has 0 radical (unpaired) electrons. The zero-order valence-corrected chi connectivity index (χ0v) is 12.3. The molecule has 0 aliphatic heterocycles. The van der Waals surface area contributed by atoms with Gasteiger partial charge in [-0.15, -0.1) is 0 Å². The van der Waals surface area contributed by atoms with Crippen molar-refractivity contribution in [3.05, 3.63) is 18.2 Å². The van der Waals surface area contributed by atoms with Crippen LogP contribution >= 0.6 is 0 Å². The second-order valence-corrected chi connectivity index (χ2v) is 4.76. The standard InChI is InChI=1S/C14H19NO5/c1-9(16)15(14(2,3)13(17)18)10-6-7-11(19-4)12(8-10)20-5/h6-8H,1-5H3,(H,17,18). The predicted molar refractivity (Wildman–Crippen MR) is 74.4 cm³/mol. The van der Waals surface area contributed by atoms with Crippen LogP contribution in [0.4, 0.5) is 5.69 Å². The predicted octanol–water partition coefficient (Wildman–Crippen LogP) is 1.92. The lowest BCUT2D eigenvalue weighted by molar-refractivity contribution is -0.143. The van der Waals surface area contributed by atoms with Crippen molar-refractivity contribution < 1.29 is 24.2 Å². The molecule has 110 valence electrons. The van der Waals surface area contributed by atoms with E-state index < -0.39 is 11.5 Å². The average Bonchev–Trinajstić information content (AvgIpc) is 2.37. The second kappa shape index (κ2) is 5.81. The Bertz CT molecular complexity index is 524. The maximum absolute atomic E-state index is 11.8. The van der Waals surface area contributed by atoms with Crippen LogP contribution in [0, 0.1) is 0 Å². The van der Waals surface area contributed by atoms with Gasteiger partial charge in [0, 0.05) is 18.7 Å². The van der Waals surface area contributed by atoms with E-state index in [-0.39, 0.29) is 5.91 Å². The van der Waals surface area contributed by atoms with E-state index in [9.17, 15) is 14.7 Å². The molecule has 1 amide bonds. The van der Waals surface area contributed by atoms with Crippen LogP contribution in [0.25, 0.3) is 0 Å². The summed E-state index contributed by atoms with van der Waals surface area (Å²) in [4.78, 5) is 24.4. The molecule has 0 aliphatic rings. The Morgan fingerprint density at radius 1 is 1.15 bits per heavy atom. The van der Waals surface area contributed by atoms with Gasteiger partial charge in [0.2, 0.25) is 5.91 Å².